The molecule has 16 heavy (non-hydrogen) atoms. The van der Waals surface area contributed by atoms with Crippen LogP contribution in [0.4, 0.5) is 18.9 Å². The topological polar surface area (TPSA) is 60.2 Å². The molecule has 0 fully saturated rings. The van der Waals surface area contributed by atoms with Crippen molar-refractivity contribution < 1.29 is 22.9 Å². The molecule has 0 atom stereocenters. The number of hydrogen-bond donors (Lipinski definition) is 0. The second-order valence-electron chi connectivity index (χ2n) is 3.12. The van der Waals surface area contributed by atoms with E-state index >= 15 is 0 Å². The zero-order valence-corrected chi connectivity index (χ0v) is 8.09. The van der Waals surface area contributed by atoms with Crippen molar-refractivity contribution in [2.75, 3.05) is 0 Å². The maximum Gasteiger partial charge on any atom is 0.311 e. The summed E-state index contributed by atoms with van der Waals surface area (Å²) in [7, 11) is 0. The van der Waals surface area contributed by atoms with Gasteiger partial charge in [-0.15, -0.1) is 0 Å². The van der Waals surface area contributed by atoms with Crippen LogP contribution in [-0.2, 0) is 11.2 Å². The van der Waals surface area contributed by atoms with Gasteiger partial charge in [-0.05, 0) is 6.92 Å². The van der Waals surface area contributed by atoms with Crippen molar-refractivity contribution in [1.29, 1.82) is 0 Å². The number of nitro benzene ring substituents is 1. The molecule has 0 radical (unpaired) electrons. The molecule has 1 aromatic carbocycles. The summed E-state index contributed by atoms with van der Waals surface area (Å²) in [4.78, 5) is 20.0. The quantitative estimate of drug-likeness (QED) is 0.456. The summed E-state index contributed by atoms with van der Waals surface area (Å²) in [5.74, 6) is -5.25. The van der Waals surface area contributed by atoms with Gasteiger partial charge in [0.15, 0.2) is 11.6 Å². The van der Waals surface area contributed by atoms with Gasteiger partial charge >= 0.3 is 5.69 Å². The molecular weight excluding hydrogens is 227 g/mol. The maximum absolute atomic E-state index is 13.2. The van der Waals surface area contributed by atoms with E-state index in [-0.39, 0.29) is 6.07 Å². The van der Waals surface area contributed by atoms with Crippen LogP contribution in [-0.4, -0.2) is 10.7 Å². The van der Waals surface area contributed by atoms with E-state index in [1.54, 1.807) is 0 Å². The van der Waals surface area contributed by atoms with Gasteiger partial charge in [0.25, 0.3) is 0 Å². The number of ketones is 1. The predicted octanol–water partition coefficient (Wildman–Crippen LogP) is 2.14. The molecule has 0 N–H and O–H groups in total. The van der Waals surface area contributed by atoms with Gasteiger partial charge in [0.2, 0.25) is 5.82 Å². The van der Waals surface area contributed by atoms with E-state index in [0.29, 0.717) is 0 Å². The molecule has 0 aliphatic carbocycles. The smallest absolute Gasteiger partial charge is 0.300 e. The number of nitro groups is 1. The van der Waals surface area contributed by atoms with Crippen LogP contribution >= 0.6 is 0 Å². The fourth-order valence-electron chi connectivity index (χ4n) is 1.24. The Labute approximate surface area is 87.8 Å². The predicted molar refractivity (Wildman–Crippen MR) is 47.4 cm³/mol. The van der Waals surface area contributed by atoms with Gasteiger partial charge in [0.05, 0.1) is 10.5 Å². The fraction of sp³-hybridized carbons (Fsp3) is 0.222. The van der Waals surface area contributed by atoms with Crippen molar-refractivity contribution in [3.8, 4) is 0 Å². The van der Waals surface area contributed by atoms with Crippen LogP contribution in [0.2, 0.25) is 0 Å². The third kappa shape index (κ3) is 2.18. The number of carbonyl (C=O) groups excluding carboxylic acids is 1. The van der Waals surface area contributed by atoms with Crippen LogP contribution in [0, 0.1) is 27.6 Å². The summed E-state index contributed by atoms with van der Waals surface area (Å²) in [5, 5.41) is 10.5. The Kier molecular flexibility index (Phi) is 3.26. The highest BCUT2D eigenvalue weighted by molar-refractivity contribution is 5.79. The van der Waals surface area contributed by atoms with Crippen LogP contribution in [0.5, 0.6) is 0 Å². The molecule has 0 aliphatic rings. The summed E-state index contributed by atoms with van der Waals surface area (Å²) >= 11 is 0. The summed E-state index contributed by atoms with van der Waals surface area (Å²) in [6.07, 6.45) is -0.725. The second kappa shape index (κ2) is 4.30. The Hall–Kier alpha value is -1.92. The molecule has 0 unspecified atom stereocenters. The number of benzene rings is 1. The van der Waals surface area contributed by atoms with E-state index in [2.05, 4.69) is 0 Å². The normalized spacial score (nSPS) is 10.2. The largest absolute Gasteiger partial charge is 0.311 e. The Balaban J connectivity index is 3.51. The van der Waals surface area contributed by atoms with Gasteiger partial charge in [0, 0.05) is 12.5 Å². The first-order valence-corrected chi connectivity index (χ1v) is 4.14. The SMILES string of the molecule is CC(=O)Cc1c(F)c(F)cc(F)c1[N+](=O)[O-]. The summed E-state index contributed by atoms with van der Waals surface area (Å²) in [5.41, 5.74) is -2.07. The van der Waals surface area contributed by atoms with Gasteiger partial charge in [-0.3, -0.25) is 14.9 Å². The van der Waals surface area contributed by atoms with Crippen molar-refractivity contribution in [2.45, 2.75) is 13.3 Å². The molecular formula is C9H6F3NO3. The van der Waals surface area contributed by atoms with Crippen LogP contribution in [0.25, 0.3) is 0 Å². The summed E-state index contributed by atoms with van der Waals surface area (Å²) < 4.78 is 39.0. The van der Waals surface area contributed by atoms with Gasteiger partial charge < -0.3 is 0 Å². The third-order valence-corrected chi connectivity index (χ3v) is 1.85. The Morgan fingerprint density at radius 2 is 1.94 bits per heavy atom. The molecule has 0 amide bonds. The van der Waals surface area contributed by atoms with E-state index in [9.17, 15) is 28.1 Å². The van der Waals surface area contributed by atoms with Gasteiger partial charge in [-0.2, -0.15) is 4.39 Å². The van der Waals surface area contributed by atoms with E-state index in [1.165, 1.54) is 0 Å². The average molecular weight is 233 g/mol. The van der Waals surface area contributed by atoms with E-state index in [1.807, 2.05) is 0 Å². The zero-order chi connectivity index (χ0) is 12.5. The molecule has 0 spiro atoms. The number of hydrogen-bond acceptors (Lipinski definition) is 3. The number of Topliss-reactive ketones (excluding diaryl/α,β-unsaturated/α-hetero) is 1. The summed E-state index contributed by atoms with van der Waals surface area (Å²) in [6, 6.07) is 0.0805. The molecule has 86 valence electrons. The molecule has 7 heteroatoms. The molecule has 0 heterocycles. The zero-order valence-electron chi connectivity index (χ0n) is 8.09. The highest BCUT2D eigenvalue weighted by atomic mass is 19.2. The Morgan fingerprint density at radius 1 is 1.38 bits per heavy atom. The number of carbonyl (C=O) groups is 1. The highest BCUT2D eigenvalue weighted by Gasteiger charge is 2.27. The minimum Gasteiger partial charge on any atom is -0.300 e. The maximum atomic E-state index is 13.2. The van der Waals surface area contributed by atoms with Gasteiger partial charge in [0.1, 0.15) is 5.78 Å². The van der Waals surface area contributed by atoms with Crippen molar-refractivity contribution in [2.24, 2.45) is 0 Å². The third-order valence-electron chi connectivity index (χ3n) is 1.85. The van der Waals surface area contributed by atoms with Crippen molar-refractivity contribution >= 4 is 11.5 Å². The van der Waals surface area contributed by atoms with Crippen molar-refractivity contribution in [1.82, 2.24) is 0 Å². The molecule has 0 aromatic heterocycles. The van der Waals surface area contributed by atoms with Crippen molar-refractivity contribution in [3.05, 3.63) is 39.2 Å². The van der Waals surface area contributed by atoms with Crippen molar-refractivity contribution in [3.63, 3.8) is 0 Å². The standard InChI is InChI=1S/C9H6F3NO3/c1-4(14)2-5-8(12)6(10)3-7(11)9(5)13(15)16/h3H,2H2,1H3. The van der Waals surface area contributed by atoms with Gasteiger partial charge in [-0.1, -0.05) is 0 Å². The first kappa shape index (κ1) is 12.2. The molecule has 0 saturated heterocycles. The second-order valence-corrected chi connectivity index (χ2v) is 3.12. The van der Waals surface area contributed by atoms with Crippen LogP contribution in [0.3, 0.4) is 0 Å². The van der Waals surface area contributed by atoms with Gasteiger partial charge in [-0.25, -0.2) is 8.78 Å². The summed E-state index contributed by atoms with van der Waals surface area (Å²) in [6.45, 7) is 1.03. The van der Waals surface area contributed by atoms with E-state index < -0.39 is 45.8 Å². The molecule has 1 aromatic rings. The number of nitrogens with zero attached hydrogens (tertiary/aromatic N) is 1. The lowest BCUT2D eigenvalue weighted by Gasteiger charge is -2.04. The molecule has 0 aliphatic heterocycles. The van der Waals surface area contributed by atoms with E-state index in [0.717, 1.165) is 6.92 Å². The molecule has 0 saturated carbocycles. The molecule has 1 rings (SSSR count). The van der Waals surface area contributed by atoms with Crippen LogP contribution < -0.4 is 0 Å². The lowest BCUT2D eigenvalue weighted by atomic mass is 10.1. The Morgan fingerprint density at radius 3 is 2.38 bits per heavy atom. The lowest BCUT2D eigenvalue weighted by Crippen LogP contribution is -2.08. The monoisotopic (exact) mass is 233 g/mol. The molecule has 4 nitrogen and oxygen atoms in total. The first-order chi connectivity index (χ1) is 7.34. The minimum absolute atomic E-state index is 0.0805. The first-order valence-electron chi connectivity index (χ1n) is 4.14. The fourth-order valence-corrected chi connectivity index (χ4v) is 1.24. The van der Waals surface area contributed by atoms with Crippen LogP contribution in [0.15, 0.2) is 6.07 Å². The van der Waals surface area contributed by atoms with E-state index in [4.69, 9.17) is 0 Å². The highest BCUT2D eigenvalue weighted by Crippen LogP contribution is 2.27. The average Bonchev–Trinajstić information content (AvgIpc) is 2.12. The minimum atomic E-state index is -1.57. The molecule has 0 bridgehead atoms. The number of halogens is 3. The number of rotatable bonds is 3. The van der Waals surface area contributed by atoms with Crippen LogP contribution in [0.1, 0.15) is 12.5 Å². The Bertz CT molecular complexity index is 474. The lowest BCUT2D eigenvalue weighted by molar-refractivity contribution is -0.388.